The van der Waals surface area contributed by atoms with Crippen molar-refractivity contribution in [3.05, 3.63) is 54.1 Å². The van der Waals surface area contributed by atoms with Crippen molar-refractivity contribution in [2.24, 2.45) is 0 Å². The maximum Gasteiger partial charge on any atom is 0.264 e. The summed E-state index contributed by atoms with van der Waals surface area (Å²) in [6, 6.07) is 14.1. The minimum absolute atomic E-state index is 0.00530. The van der Waals surface area contributed by atoms with Crippen molar-refractivity contribution in [3.63, 3.8) is 0 Å². The van der Waals surface area contributed by atoms with Gasteiger partial charge < -0.3 is 5.32 Å². The lowest BCUT2D eigenvalue weighted by molar-refractivity contribution is -0.115. The van der Waals surface area contributed by atoms with Crippen molar-refractivity contribution >= 4 is 39.1 Å². The number of benzene rings is 2. The first-order valence-corrected chi connectivity index (χ1v) is 11.7. The number of hydrogen-bond acceptors (Lipinski definition) is 4. The number of hydrogen-bond donors (Lipinski definition) is 1. The van der Waals surface area contributed by atoms with Crippen LogP contribution in [0.1, 0.15) is 24.8 Å². The molecule has 1 N–H and O–H groups in total. The highest BCUT2D eigenvalue weighted by Gasteiger charge is 2.30. The van der Waals surface area contributed by atoms with Crippen LogP contribution < -0.4 is 9.62 Å². The van der Waals surface area contributed by atoms with Crippen molar-refractivity contribution in [3.8, 4) is 0 Å². The van der Waals surface area contributed by atoms with E-state index in [0.717, 1.165) is 37.0 Å². The summed E-state index contributed by atoms with van der Waals surface area (Å²) in [5, 5.41) is 2.96. The Labute approximate surface area is 164 Å². The number of aryl methyl sites for hydroxylation is 1. The first kappa shape index (κ1) is 18.4. The van der Waals surface area contributed by atoms with Gasteiger partial charge in [-0.05, 0) is 61.3 Å². The molecule has 2 aliphatic rings. The zero-order chi connectivity index (χ0) is 18.9. The van der Waals surface area contributed by atoms with Crippen LogP contribution in [0.2, 0.25) is 0 Å². The molecule has 7 heteroatoms. The van der Waals surface area contributed by atoms with Crippen LogP contribution in [0.3, 0.4) is 0 Å². The molecule has 0 bridgehead atoms. The summed E-state index contributed by atoms with van der Waals surface area (Å²) in [7, 11) is -3.62. The van der Waals surface area contributed by atoms with Gasteiger partial charge in [0, 0.05) is 12.2 Å². The first-order valence-electron chi connectivity index (χ1n) is 9.19. The second-order valence-corrected chi connectivity index (χ2v) is 10.0. The van der Waals surface area contributed by atoms with Gasteiger partial charge in [0.15, 0.2) is 0 Å². The molecule has 0 aliphatic carbocycles. The number of nitrogens with zero attached hydrogens (tertiary/aromatic N) is 1. The minimum Gasteiger partial charge on any atom is -0.325 e. The van der Waals surface area contributed by atoms with Crippen molar-refractivity contribution < 1.29 is 13.2 Å². The fourth-order valence-corrected chi connectivity index (χ4v) is 6.31. The average Bonchev–Trinajstić information content (AvgIpc) is 3.23. The highest BCUT2D eigenvalue weighted by Crippen LogP contribution is 2.34. The summed E-state index contributed by atoms with van der Waals surface area (Å²) >= 11 is 1.68. The van der Waals surface area contributed by atoms with Crippen molar-refractivity contribution in [1.82, 2.24) is 0 Å². The molecule has 0 spiro atoms. The first-order chi connectivity index (χ1) is 13.1. The molecule has 2 aromatic rings. The van der Waals surface area contributed by atoms with Crippen LogP contribution in [0.15, 0.2) is 53.4 Å². The Balaban J connectivity index is 1.64. The van der Waals surface area contributed by atoms with E-state index in [-0.39, 0.29) is 16.1 Å². The number of rotatable bonds is 4. The monoisotopic (exact) mass is 402 g/mol. The van der Waals surface area contributed by atoms with E-state index < -0.39 is 10.0 Å². The van der Waals surface area contributed by atoms with Gasteiger partial charge in [-0.15, -0.1) is 11.8 Å². The normalized spacial score (nSPS) is 19.6. The van der Waals surface area contributed by atoms with E-state index >= 15 is 0 Å². The summed E-state index contributed by atoms with van der Waals surface area (Å²) in [5.41, 5.74) is 2.32. The maximum absolute atomic E-state index is 13.1. The molecule has 1 amide bonds. The lowest BCUT2D eigenvalue weighted by Gasteiger charge is -2.31. The number of amides is 1. The summed E-state index contributed by atoms with van der Waals surface area (Å²) in [6.45, 7) is 0.445. The molecule has 5 nitrogen and oxygen atoms in total. The molecule has 2 aromatic carbocycles. The quantitative estimate of drug-likeness (QED) is 0.848. The molecule has 2 heterocycles. The van der Waals surface area contributed by atoms with Crippen LogP contribution in [0.25, 0.3) is 0 Å². The van der Waals surface area contributed by atoms with Gasteiger partial charge in [-0.2, -0.15) is 0 Å². The fraction of sp³-hybridized carbons (Fsp3) is 0.350. The van der Waals surface area contributed by atoms with Crippen molar-refractivity contribution in [2.75, 3.05) is 21.9 Å². The third-order valence-corrected chi connectivity index (χ3v) is 8.19. The molecule has 1 fully saturated rings. The minimum atomic E-state index is -3.62. The van der Waals surface area contributed by atoms with Gasteiger partial charge in [-0.25, -0.2) is 8.42 Å². The van der Waals surface area contributed by atoms with Gasteiger partial charge in [0.1, 0.15) is 0 Å². The van der Waals surface area contributed by atoms with E-state index in [9.17, 15) is 13.2 Å². The topological polar surface area (TPSA) is 66.5 Å². The summed E-state index contributed by atoms with van der Waals surface area (Å²) in [4.78, 5) is 12.7. The van der Waals surface area contributed by atoms with E-state index in [2.05, 4.69) is 5.32 Å². The lowest BCUT2D eigenvalue weighted by Crippen LogP contribution is -2.35. The predicted molar refractivity (Wildman–Crippen MR) is 110 cm³/mol. The van der Waals surface area contributed by atoms with Gasteiger partial charge in [-0.3, -0.25) is 9.10 Å². The van der Waals surface area contributed by atoms with Crippen LogP contribution in [-0.2, 0) is 21.2 Å². The van der Waals surface area contributed by atoms with E-state index in [1.807, 2.05) is 12.1 Å². The molecule has 1 unspecified atom stereocenters. The third-order valence-electron chi connectivity index (χ3n) is 4.98. The van der Waals surface area contributed by atoms with Gasteiger partial charge in [0.05, 0.1) is 15.8 Å². The highest BCUT2D eigenvalue weighted by atomic mass is 32.2. The van der Waals surface area contributed by atoms with Gasteiger partial charge in [0.25, 0.3) is 10.0 Å². The van der Waals surface area contributed by atoms with Crippen molar-refractivity contribution in [2.45, 2.75) is 35.8 Å². The van der Waals surface area contributed by atoms with Gasteiger partial charge in [0.2, 0.25) is 5.91 Å². The molecule has 4 rings (SSSR count). The van der Waals surface area contributed by atoms with Crippen molar-refractivity contribution in [1.29, 1.82) is 0 Å². The Bertz CT molecular complexity index is 939. The van der Waals surface area contributed by atoms with Gasteiger partial charge >= 0.3 is 0 Å². The summed E-state index contributed by atoms with van der Waals surface area (Å²) in [6.07, 6.45) is 3.58. The van der Waals surface area contributed by atoms with Gasteiger partial charge in [-0.1, -0.05) is 24.3 Å². The van der Waals surface area contributed by atoms with Crippen LogP contribution in [0.4, 0.5) is 11.4 Å². The highest BCUT2D eigenvalue weighted by molar-refractivity contribution is 8.00. The molecule has 1 atom stereocenters. The zero-order valence-electron chi connectivity index (χ0n) is 14.9. The summed E-state index contributed by atoms with van der Waals surface area (Å²) in [5.74, 6) is 1.02. The molecule has 0 aromatic heterocycles. The number of nitrogens with one attached hydrogen (secondary N) is 1. The Kier molecular flexibility index (Phi) is 5.14. The number of carbonyl (C=O) groups is 1. The van der Waals surface area contributed by atoms with Crippen LogP contribution in [-0.4, -0.2) is 31.9 Å². The molecule has 0 radical (unpaired) electrons. The zero-order valence-corrected chi connectivity index (χ0v) is 16.6. The Morgan fingerprint density at radius 1 is 1.11 bits per heavy atom. The lowest BCUT2D eigenvalue weighted by atomic mass is 10.0. The maximum atomic E-state index is 13.1. The molecule has 27 heavy (non-hydrogen) atoms. The SMILES string of the molecule is O=C(Nc1ccc2c(c1)N(S(=O)(=O)c1ccccc1)CCC2)C1CCCS1. The third kappa shape index (κ3) is 3.71. The number of carbonyl (C=O) groups excluding carboxylic acids is 1. The van der Waals surface area contributed by atoms with E-state index in [1.165, 1.54) is 4.31 Å². The Hall–Kier alpha value is -1.99. The standard InChI is InChI=1S/C20H22N2O3S2/c23-20(19-9-5-13-26-19)21-16-11-10-15-6-4-12-22(18(15)14-16)27(24,25)17-7-2-1-3-8-17/h1-3,7-8,10-11,14,19H,4-6,9,12-13H2,(H,21,23). The Morgan fingerprint density at radius 3 is 2.67 bits per heavy atom. The second-order valence-electron chi connectivity index (χ2n) is 6.83. The Morgan fingerprint density at radius 2 is 1.93 bits per heavy atom. The molecule has 0 saturated carbocycles. The van der Waals surface area contributed by atoms with E-state index in [1.54, 1.807) is 48.2 Å². The second kappa shape index (κ2) is 7.56. The smallest absolute Gasteiger partial charge is 0.264 e. The molecule has 142 valence electrons. The van der Waals surface area contributed by atoms with Crippen LogP contribution >= 0.6 is 11.8 Å². The molecular formula is C20H22N2O3S2. The van der Waals surface area contributed by atoms with Crippen LogP contribution in [0, 0.1) is 0 Å². The van der Waals surface area contributed by atoms with Crippen LogP contribution in [0.5, 0.6) is 0 Å². The molecule has 2 aliphatic heterocycles. The van der Waals surface area contributed by atoms with E-state index in [4.69, 9.17) is 0 Å². The summed E-state index contributed by atoms with van der Waals surface area (Å²) < 4.78 is 27.7. The molecular weight excluding hydrogens is 380 g/mol. The number of thioether (sulfide) groups is 1. The predicted octanol–water partition coefficient (Wildman–Crippen LogP) is 3.66. The number of anilines is 2. The molecule has 1 saturated heterocycles. The largest absolute Gasteiger partial charge is 0.325 e. The number of sulfonamides is 1. The van der Waals surface area contributed by atoms with E-state index in [0.29, 0.717) is 17.9 Å². The fourth-order valence-electron chi connectivity index (χ4n) is 3.60. The number of fused-ring (bicyclic) bond motifs is 1. The average molecular weight is 403 g/mol.